The highest BCUT2D eigenvalue weighted by molar-refractivity contribution is 5.75. The van der Waals surface area contributed by atoms with Crippen LogP contribution in [0.25, 0.3) is 0 Å². The summed E-state index contributed by atoms with van der Waals surface area (Å²) in [5, 5.41) is 21.9. The summed E-state index contributed by atoms with van der Waals surface area (Å²) >= 11 is 0. The third-order valence-electron chi connectivity index (χ3n) is 3.90. The van der Waals surface area contributed by atoms with Gasteiger partial charge in [-0.2, -0.15) is 0 Å². The number of nitrogens with zero attached hydrogens (tertiary/aromatic N) is 1. The van der Waals surface area contributed by atoms with Crippen LogP contribution in [0, 0.1) is 5.92 Å². The third kappa shape index (κ3) is 5.00. The summed E-state index contributed by atoms with van der Waals surface area (Å²) in [6, 6.07) is -0.326. The summed E-state index contributed by atoms with van der Waals surface area (Å²) in [7, 11) is 1.63. The third-order valence-corrected chi connectivity index (χ3v) is 3.90. The molecule has 1 fully saturated rings. The summed E-state index contributed by atoms with van der Waals surface area (Å²) < 4.78 is 0. The summed E-state index contributed by atoms with van der Waals surface area (Å²) in [6.07, 6.45) is 4.73. The molecule has 1 saturated carbocycles. The molecular formula is C14H26N2O4. The Bertz CT molecular complexity index is 340. The topological polar surface area (TPSA) is 89.9 Å². The van der Waals surface area contributed by atoms with E-state index in [2.05, 4.69) is 5.32 Å². The molecule has 3 N–H and O–H groups in total. The lowest BCUT2D eigenvalue weighted by atomic mass is 10.0. The molecule has 0 aromatic rings. The predicted octanol–water partition coefficient (Wildman–Crippen LogP) is 1.43. The van der Waals surface area contributed by atoms with Crippen LogP contribution in [0.1, 0.15) is 45.4 Å². The summed E-state index contributed by atoms with van der Waals surface area (Å²) in [4.78, 5) is 24.4. The van der Waals surface area contributed by atoms with Crippen molar-refractivity contribution in [1.82, 2.24) is 10.2 Å². The van der Waals surface area contributed by atoms with Gasteiger partial charge in [-0.1, -0.05) is 26.2 Å². The smallest absolute Gasteiger partial charge is 0.317 e. The van der Waals surface area contributed by atoms with E-state index in [1.165, 1.54) is 4.90 Å². The fourth-order valence-corrected chi connectivity index (χ4v) is 2.71. The van der Waals surface area contributed by atoms with E-state index in [9.17, 15) is 14.7 Å². The van der Waals surface area contributed by atoms with E-state index >= 15 is 0 Å². The van der Waals surface area contributed by atoms with Gasteiger partial charge in [-0.3, -0.25) is 4.79 Å². The van der Waals surface area contributed by atoms with Crippen molar-refractivity contribution >= 4 is 12.0 Å². The molecule has 1 aliphatic rings. The molecule has 1 aliphatic carbocycles. The van der Waals surface area contributed by atoms with Crippen LogP contribution in [0.4, 0.5) is 4.79 Å². The van der Waals surface area contributed by atoms with Gasteiger partial charge in [-0.25, -0.2) is 4.79 Å². The van der Waals surface area contributed by atoms with Crippen molar-refractivity contribution in [3.05, 3.63) is 0 Å². The van der Waals surface area contributed by atoms with Gasteiger partial charge < -0.3 is 20.4 Å². The molecule has 1 unspecified atom stereocenters. The highest BCUT2D eigenvalue weighted by Crippen LogP contribution is 2.29. The number of carbonyl (C=O) groups excluding carboxylic acids is 1. The minimum atomic E-state index is -0.885. The van der Waals surface area contributed by atoms with Crippen LogP contribution in [0.2, 0.25) is 0 Å². The van der Waals surface area contributed by atoms with Crippen LogP contribution < -0.4 is 5.32 Å². The van der Waals surface area contributed by atoms with Gasteiger partial charge in [-0.05, 0) is 19.3 Å². The van der Waals surface area contributed by atoms with E-state index in [-0.39, 0.29) is 12.6 Å². The molecule has 1 atom stereocenters. The largest absolute Gasteiger partial charge is 0.481 e. The number of carboxylic acids is 1. The minimum absolute atomic E-state index is 0.130. The van der Waals surface area contributed by atoms with Crippen LogP contribution in [0.15, 0.2) is 0 Å². The van der Waals surface area contributed by atoms with E-state index in [0.717, 1.165) is 32.1 Å². The summed E-state index contributed by atoms with van der Waals surface area (Å²) in [5.74, 6) is -1.43. The highest BCUT2D eigenvalue weighted by atomic mass is 16.4. The van der Waals surface area contributed by atoms with Crippen molar-refractivity contribution in [3.8, 4) is 0 Å². The van der Waals surface area contributed by atoms with Crippen molar-refractivity contribution in [2.45, 2.75) is 51.0 Å². The van der Waals surface area contributed by atoms with Gasteiger partial charge in [0.25, 0.3) is 0 Å². The van der Waals surface area contributed by atoms with Crippen molar-refractivity contribution in [1.29, 1.82) is 0 Å². The Hall–Kier alpha value is -1.30. The first-order valence-electron chi connectivity index (χ1n) is 7.32. The summed E-state index contributed by atoms with van der Waals surface area (Å²) in [6.45, 7) is 2.34. The number of urea groups is 1. The van der Waals surface area contributed by atoms with Crippen molar-refractivity contribution in [2.75, 3.05) is 20.1 Å². The predicted molar refractivity (Wildman–Crippen MR) is 75.5 cm³/mol. The van der Waals surface area contributed by atoms with Crippen LogP contribution in [-0.2, 0) is 4.79 Å². The zero-order valence-corrected chi connectivity index (χ0v) is 12.4. The first-order valence-corrected chi connectivity index (χ1v) is 7.32. The monoisotopic (exact) mass is 286 g/mol. The zero-order chi connectivity index (χ0) is 15.2. The molecule has 0 aromatic carbocycles. The maximum atomic E-state index is 11.9. The number of carboxylic acid groups (broad SMARTS) is 1. The zero-order valence-electron chi connectivity index (χ0n) is 12.4. The second kappa shape index (κ2) is 7.47. The Balaban J connectivity index is 2.39. The number of amides is 2. The second-order valence-corrected chi connectivity index (χ2v) is 5.80. The molecule has 0 radical (unpaired) electrons. The number of carbonyl (C=O) groups is 2. The van der Waals surface area contributed by atoms with Gasteiger partial charge in [0.15, 0.2) is 0 Å². The number of likely N-dealkylation sites (N-methyl/N-ethyl adjacent to an activating group) is 1. The van der Waals surface area contributed by atoms with Gasteiger partial charge in [0.1, 0.15) is 0 Å². The Morgan fingerprint density at radius 3 is 2.45 bits per heavy atom. The molecule has 0 aliphatic heterocycles. The first-order chi connectivity index (χ1) is 9.38. The molecule has 0 heterocycles. The Morgan fingerprint density at radius 1 is 1.35 bits per heavy atom. The molecule has 2 amide bonds. The lowest BCUT2D eigenvalue weighted by Crippen LogP contribution is -2.47. The van der Waals surface area contributed by atoms with E-state index in [4.69, 9.17) is 5.11 Å². The number of aliphatic carboxylic acids is 1. The number of nitrogens with one attached hydrogen (secondary N) is 1. The maximum Gasteiger partial charge on any atom is 0.317 e. The van der Waals surface area contributed by atoms with Crippen molar-refractivity contribution < 1.29 is 19.8 Å². The fraction of sp³-hybridized carbons (Fsp3) is 0.857. The molecule has 20 heavy (non-hydrogen) atoms. The van der Waals surface area contributed by atoms with E-state index in [1.807, 2.05) is 6.92 Å². The number of hydrogen-bond acceptors (Lipinski definition) is 3. The van der Waals surface area contributed by atoms with Crippen LogP contribution in [0.5, 0.6) is 0 Å². The van der Waals surface area contributed by atoms with Gasteiger partial charge >= 0.3 is 12.0 Å². The molecule has 0 aromatic heterocycles. The van der Waals surface area contributed by atoms with Gasteiger partial charge in [0.05, 0.1) is 18.1 Å². The van der Waals surface area contributed by atoms with Gasteiger partial charge in [-0.15, -0.1) is 0 Å². The van der Waals surface area contributed by atoms with Crippen LogP contribution in [0.3, 0.4) is 0 Å². The molecule has 6 nitrogen and oxygen atoms in total. The molecule has 0 spiro atoms. The fourth-order valence-electron chi connectivity index (χ4n) is 2.71. The minimum Gasteiger partial charge on any atom is -0.481 e. The average Bonchev–Trinajstić information content (AvgIpc) is 2.80. The number of hydrogen-bond donors (Lipinski definition) is 3. The molecule has 0 bridgehead atoms. The molecule has 116 valence electrons. The highest BCUT2D eigenvalue weighted by Gasteiger charge is 2.33. The molecule has 1 rings (SSSR count). The van der Waals surface area contributed by atoms with Crippen LogP contribution in [-0.4, -0.2) is 52.9 Å². The maximum absolute atomic E-state index is 11.9. The van der Waals surface area contributed by atoms with E-state index < -0.39 is 17.5 Å². The SMILES string of the molecule is CCCC(CNC(=O)N(C)CC1(O)CCCC1)C(=O)O. The lowest BCUT2D eigenvalue weighted by molar-refractivity contribution is -0.141. The second-order valence-electron chi connectivity index (χ2n) is 5.80. The Labute approximate surface area is 120 Å². The molecule has 0 saturated heterocycles. The lowest BCUT2D eigenvalue weighted by Gasteiger charge is -2.29. The van der Waals surface area contributed by atoms with E-state index in [1.54, 1.807) is 7.05 Å². The van der Waals surface area contributed by atoms with Gasteiger partial charge in [0, 0.05) is 13.6 Å². The number of aliphatic hydroxyl groups is 1. The molecule has 6 heteroatoms. The Morgan fingerprint density at radius 2 is 1.95 bits per heavy atom. The van der Waals surface area contributed by atoms with Crippen molar-refractivity contribution in [3.63, 3.8) is 0 Å². The normalized spacial score (nSPS) is 18.6. The Kier molecular flexibility index (Phi) is 6.26. The number of rotatable bonds is 7. The van der Waals surface area contributed by atoms with E-state index in [0.29, 0.717) is 13.0 Å². The quantitative estimate of drug-likeness (QED) is 0.660. The first kappa shape index (κ1) is 16.8. The van der Waals surface area contributed by atoms with Gasteiger partial charge in [0.2, 0.25) is 0 Å². The summed E-state index contributed by atoms with van der Waals surface area (Å²) in [5.41, 5.74) is -0.776. The molecular weight excluding hydrogens is 260 g/mol. The van der Waals surface area contributed by atoms with Crippen molar-refractivity contribution in [2.24, 2.45) is 5.92 Å². The average molecular weight is 286 g/mol. The standard InChI is InChI=1S/C14H26N2O4/c1-3-6-11(12(17)18)9-15-13(19)16(2)10-14(20)7-4-5-8-14/h11,20H,3-10H2,1-2H3,(H,15,19)(H,17,18). The van der Waals surface area contributed by atoms with Crippen LogP contribution >= 0.6 is 0 Å².